The van der Waals surface area contributed by atoms with Crippen molar-refractivity contribution < 1.29 is 9.66 Å². The van der Waals surface area contributed by atoms with Crippen molar-refractivity contribution in [2.24, 2.45) is 0 Å². The van der Waals surface area contributed by atoms with Gasteiger partial charge in [-0.15, -0.1) is 0 Å². The summed E-state index contributed by atoms with van der Waals surface area (Å²) in [5.74, 6) is 0.740. The number of nitrogens with one attached hydrogen (secondary N) is 1. The molecule has 2 aromatic carbocycles. The first kappa shape index (κ1) is 14.3. The lowest BCUT2D eigenvalue weighted by molar-refractivity contribution is -0.384. The van der Waals surface area contributed by atoms with Gasteiger partial charge in [0.15, 0.2) is 0 Å². The molecule has 0 radical (unpaired) electrons. The van der Waals surface area contributed by atoms with Gasteiger partial charge in [-0.05, 0) is 35.9 Å². The summed E-state index contributed by atoms with van der Waals surface area (Å²) in [5, 5.41) is 13.7. The smallest absolute Gasteiger partial charge is 0.292 e. The summed E-state index contributed by atoms with van der Waals surface area (Å²) in [7, 11) is 1.65. The topological polar surface area (TPSA) is 64.4 Å². The second kappa shape index (κ2) is 6.38. The quantitative estimate of drug-likeness (QED) is 0.662. The molecule has 104 valence electrons. The summed E-state index contributed by atoms with van der Waals surface area (Å²) in [5.41, 5.74) is 1.39. The van der Waals surface area contributed by atoms with Crippen LogP contribution < -0.4 is 10.1 Å². The molecule has 0 aliphatic rings. The Morgan fingerprint density at radius 2 is 2.10 bits per heavy atom. The Balaban J connectivity index is 2.12. The zero-order chi connectivity index (χ0) is 14.5. The molecule has 20 heavy (non-hydrogen) atoms. The Morgan fingerprint density at radius 1 is 1.30 bits per heavy atom. The highest BCUT2D eigenvalue weighted by atomic mass is 79.9. The molecule has 2 aromatic rings. The van der Waals surface area contributed by atoms with E-state index in [1.54, 1.807) is 19.2 Å². The highest BCUT2D eigenvalue weighted by Crippen LogP contribution is 2.26. The Labute approximate surface area is 124 Å². The summed E-state index contributed by atoms with van der Waals surface area (Å²) < 4.78 is 6.58. The van der Waals surface area contributed by atoms with Crippen molar-refractivity contribution in [3.63, 3.8) is 0 Å². The molecule has 0 spiro atoms. The molecule has 0 unspecified atom stereocenters. The van der Waals surface area contributed by atoms with Crippen LogP contribution in [0.5, 0.6) is 5.75 Å². The van der Waals surface area contributed by atoms with E-state index in [9.17, 15) is 10.1 Å². The third kappa shape index (κ3) is 3.48. The molecule has 0 aliphatic carbocycles. The number of nitro benzene ring substituents is 1. The minimum atomic E-state index is -0.412. The van der Waals surface area contributed by atoms with E-state index in [0.29, 0.717) is 12.3 Å². The van der Waals surface area contributed by atoms with Gasteiger partial charge in [-0.25, -0.2) is 0 Å². The lowest BCUT2D eigenvalue weighted by Crippen LogP contribution is -2.00. The van der Waals surface area contributed by atoms with E-state index in [0.717, 1.165) is 15.8 Å². The molecule has 0 atom stereocenters. The average Bonchev–Trinajstić information content (AvgIpc) is 2.44. The molecule has 0 saturated carbocycles. The van der Waals surface area contributed by atoms with Crippen molar-refractivity contribution >= 4 is 27.3 Å². The van der Waals surface area contributed by atoms with Gasteiger partial charge in [0.1, 0.15) is 18.0 Å². The average molecular weight is 337 g/mol. The van der Waals surface area contributed by atoms with Crippen LogP contribution in [-0.4, -0.2) is 12.0 Å². The van der Waals surface area contributed by atoms with Gasteiger partial charge in [-0.2, -0.15) is 0 Å². The number of ether oxygens (including phenoxy) is 1. The Hall–Kier alpha value is -2.08. The van der Waals surface area contributed by atoms with E-state index < -0.39 is 4.92 Å². The number of hydrogen-bond donors (Lipinski definition) is 1. The molecule has 1 N–H and O–H groups in total. The van der Waals surface area contributed by atoms with Gasteiger partial charge in [-0.3, -0.25) is 10.1 Å². The second-order valence-corrected chi connectivity index (χ2v) is 5.02. The van der Waals surface area contributed by atoms with Gasteiger partial charge < -0.3 is 10.1 Å². The van der Waals surface area contributed by atoms with Crippen molar-refractivity contribution in [2.75, 3.05) is 12.4 Å². The lowest BCUT2D eigenvalue weighted by atomic mass is 10.2. The van der Waals surface area contributed by atoms with Crippen LogP contribution >= 0.6 is 15.9 Å². The number of nitro groups is 1. The van der Waals surface area contributed by atoms with Crippen molar-refractivity contribution in [3.8, 4) is 5.75 Å². The fourth-order valence-electron chi connectivity index (χ4n) is 1.76. The molecule has 0 heterocycles. The van der Waals surface area contributed by atoms with Crippen molar-refractivity contribution in [1.82, 2.24) is 0 Å². The van der Waals surface area contributed by atoms with E-state index in [4.69, 9.17) is 4.74 Å². The van der Waals surface area contributed by atoms with Crippen LogP contribution in [-0.2, 0) is 6.61 Å². The molecule has 2 rings (SSSR count). The fourth-order valence-corrected chi connectivity index (χ4v) is 2.13. The molecule has 0 fully saturated rings. The van der Waals surface area contributed by atoms with E-state index in [2.05, 4.69) is 21.2 Å². The van der Waals surface area contributed by atoms with Crippen LogP contribution in [0, 0.1) is 10.1 Å². The molecule has 0 amide bonds. The molecule has 0 saturated heterocycles. The van der Waals surface area contributed by atoms with Gasteiger partial charge in [0.25, 0.3) is 5.69 Å². The zero-order valence-electron chi connectivity index (χ0n) is 10.8. The minimum Gasteiger partial charge on any atom is -0.489 e. The third-order valence-corrected chi connectivity index (χ3v) is 3.22. The number of halogens is 1. The Bertz CT molecular complexity index is 632. The zero-order valence-corrected chi connectivity index (χ0v) is 12.4. The standard InChI is InChI=1S/C14H13BrN2O3/c1-16-13-7-10(5-6-14(13)17(18)19)9-20-12-4-2-3-11(15)8-12/h2-8,16H,9H2,1H3. The first-order valence-corrected chi connectivity index (χ1v) is 6.73. The molecule has 0 aromatic heterocycles. The number of rotatable bonds is 5. The molecule has 5 nitrogen and oxygen atoms in total. The molecular formula is C14H13BrN2O3. The minimum absolute atomic E-state index is 0.0544. The van der Waals surface area contributed by atoms with E-state index in [1.807, 2.05) is 24.3 Å². The first-order chi connectivity index (χ1) is 9.60. The van der Waals surface area contributed by atoms with Crippen LogP contribution in [0.3, 0.4) is 0 Å². The summed E-state index contributed by atoms with van der Waals surface area (Å²) in [6.45, 7) is 0.350. The number of hydrogen-bond acceptors (Lipinski definition) is 4. The fraction of sp³-hybridized carbons (Fsp3) is 0.143. The molecule has 0 bridgehead atoms. The van der Waals surface area contributed by atoms with Crippen LogP contribution in [0.2, 0.25) is 0 Å². The van der Waals surface area contributed by atoms with Crippen molar-refractivity contribution in [1.29, 1.82) is 0 Å². The highest BCUT2D eigenvalue weighted by molar-refractivity contribution is 9.10. The lowest BCUT2D eigenvalue weighted by Gasteiger charge is -2.08. The van der Waals surface area contributed by atoms with Gasteiger partial charge in [0, 0.05) is 17.6 Å². The van der Waals surface area contributed by atoms with Gasteiger partial charge >= 0.3 is 0 Å². The van der Waals surface area contributed by atoms with Crippen molar-refractivity contribution in [2.45, 2.75) is 6.61 Å². The molecule has 0 aliphatic heterocycles. The van der Waals surface area contributed by atoms with Crippen molar-refractivity contribution in [3.05, 3.63) is 62.6 Å². The largest absolute Gasteiger partial charge is 0.489 e. The normalized spacial score (nSPS) is 10.1. The summed E-state index contributed by atoms with van der Waals surface area (Å²) >= 11 is 3.37. The van der Waals surface area contributed by atoms with Gasteiger partial charge in [0.2, 0.25) is 0 Å². The first-order valence-electron chi connectivity index (χ1n) is 5.93. The predicted molar refractivity (Wildman–Crippen MR) is 81.1 cm³/mol. The summed E-state index contributed by atoms with van der Waals surface area (Å²) in [6, 6.07) is 12.4. The summed E-state index contributed by atoms with van der Waals surface area (Å²) in [6.07, 6.45) is 0. The molecular weight excluding hydrogens is 324 g/mol. The maximum atomic E-state index is 10.8. The Kier molecular flexibility index (Phi) is 4.57. The monoisotopic (exact) mass is 336 g/mol. The van der Waals surface area contributed by atoms with Gasteiger partial charge in [-0.1, -0.05) is 22.0 Å². The summed E-state index contributed by atoms with van der Waals surface area (Å²) in [4.78, 5) is 10.4. The maximum Gasteiger partial charge on any atom is 0.292 e. The van der Waals surface area contributed by atoms with E-state index >= 15 is 0 Å². The van der Waals surface area contributed by atoms with E-state index in [1.165, 1.54) is 6.07 Å². The van der Waals surface area contributed by atoms with Crippen LogP contribution in [0.4, 0.5) is 11.4 Å². The van der Waals surface area contributed by atoms with Crippen LogP contribution in [0.1, 0.15) is 5.56 Å². The number of anilines is 1. The number of nitrogens with zero attached hydrogens (tertiary/aromatic N) is 1. The SMILES string of the molecule is CNc1cc(COc2cccc(Br)c2)ccc1[N+](=O)[O-]. The van der Waals surface area contributed by atoms with E-state index in [-0.39, 0.29) is 5.69 Å². The predicted octanol–water partition coefficient (Wildman–Crippen LogP) is 3.98. The second-order valence-electron chi connectivity index (χ2n) is 4.10. The van der Waals surface area contributed by atoms with Gasteiger partial charge in [0.05, 0.1) is 4.92 Å². The maximum absolute atomic E-state index is 10.8. The van der Waals surface area contributed by atoms with Crippen LogP contribution in [0.15, 0.2) is 46.9 Å². The molecule has 6 heteroatoms. The third-order valence-electron chi connectivity index (χ3n) is 2.73. The Morgan fingerprint density at radius 3 is 2.75 bits per heavy atom. The van der Waals surface area contributed by atoms with Crippen LogP contribution in [0.25, 0.3) is 0 Å². The highest BCUT2D eigenvalue weighted by Gasteiger charge is 2.12. The number of benzene rings is 2.